The van der Waals surface area contributed by atoms with E-state index >= 15 is 0 Å². The molecular formula is C16H24N2O2. The minimum absolute atomic E-state index is 0.0145. The van der Waals surface area contributed by atoms with Gasteiger partial charge >= 0.3 is 0 Å². The number of hydrogen-bond donors (Lipinski definition) is 2. The van der Waals surface area contributed by atoms with Gasteiger partial charge in [-0.2, -0.15) is 0 Å². The highest BCUT2D eigenvalue weighted by molar-refractivity contribution is 5.95. The van der Waals surface area contributed by atoms with Crippen LogP contribution in [0.15, 0.2) is 18.2 Å². The number of benzene rings is 1. The second kappa shape index (κ2) is 7.68. The first-order valence-corrected chi connectivity index (χ1v) is 7.09. The highest BCUT2D eigenvalue weighted by Gasteiger charge is 2.13. The van der Waals surface area contributed by atoms with Crippen molar-refractivity contribution in [1.82, 2.24) is 5.32 Å². The van der Waals surface area contributed by atoms with Crippen LogP contribution in [0.4, 0.5) is 5.69 Å². The van der Waals surface area contributed by atoms with Crippen LogP contribution < -0.4 is 10.6 Å². The van der Waals surface area contributed by atoms with E-state index in [2.05, 4.69) is 10.6 Å². The van der Waals surface area contributed by atoms with E-state index in [-0.39, 0.29) is 24.3 Å². The largest absolute Gasteiger partial charge is 0.347 e. The van der Waals surface area contributed by atoms with Gasteiger partial charge in [0, 0.05) is 11.6 Å². The van der Waals surface area contributed by atoms with Gasteiger partial charge in [-0.15, -0.1) is 0 Å². The lowest BCUT2D eigenvalue weighted by atomic mass is 10.1. The van der Waals surface area contributed by atoms with Gasteiger partial charge < -0.3 is 10.6 Å². The van der Waals surface area contributed by atoms with Crippen LogP contribution in [-0.4, -0.2) is 18.4 Å². The Morgan fingerprint density at radius 1 is 1.20 bits per heavy atom. The molecule has 20 heavy (non-hydrogen) atoms. The third-order valence-electron chi connectivity index (χ3n) is 3.34. The van der Waals surface area contributed by atoms with Crippen LogP contribution in [-0.2, 0) is 9.59 Å². The van der Waals surface area contributed by atoms with Gasteiger partial charge in [0.2, 0.25) is 11.8 Å². The number of carbonyl (C=O) groups is 2. The smallest absolute Gasteiger partial charge is 0.243 e. The summed E-state index contributed by atoms with van der Waals surface area (Å²) < 4.78 is 0. The van der Waals surface area contributed by atoms with E-state index < -0.39 is 0 Å². The monoisotopic (exact) mass is 276 g/mol. The summed E-state index contributed by atoms with van der Waals surface area (Å²) in [6.07, 6.45) is 1.80. The average Bonchev–Trinajstić information content (AvgIpc) is 2.40. The molecule has 0 saturated heterocycles. The van der Waals surface area contributed by atoms with Gasteiger partial charge in [-0.25, -0.2) is 0 Å². The fourth-order valence-corrected chi connectivity index (χ4v) is 2.10. The lowest BCUT2D eigenvalue weighted by Gasteiger charge is -2.13. The number of amides is 2. The van der Waals surface area contributed by atoms with Crippen molar-refractivity contribution in [3.63, 3.8) is 0 Å². The zero-order valence-electron chi connectivity index (χ0n) is 12.7. The summed E-state index contributed by atoms with van der Waals surface area (Å²) in [7, 11) is 0. The quantitative estimate of drug-likeness (QED) is 0.839. The highest BCUT2D eigenvalue weighted by atomic mass is 16.2. The molecule has 0 saturated carbocycles. The first-order valence-electron chi connectivity index (χ1n) is 7.09. The molecule has 1 atom stereocenters. The molecule has 1 rings (SSSR count). The van der Waals surface area contributed by atoms with E-state index in [1.807, 2.05) is 45.9 Å². The summed E-state index contributed by atoms with van der Waals surface area (Å²) in [5.74, 6) is -0.309. The Hall–Kier alpha value is -1.84. The van der Waals surface area contributed by atoms with Crippen molar-refractivity contribution in [2.24, 2.45) is 5.92 Å². The van der Waals surface area contributed by atoms with Crippen LogP contribution in [0.25, 0.3) is 0 Å². The van der Waals surface area contributed by atoms with E-state index in [1.165, 1.54) is 0 Å². The molecule has 4 nitrogen and oxygen atoms in total. The molecule has 2 amide bonds. The molecule has 0 radical (unpaired) electrons. The molecule has 1 aromatic rings. The average molecular weight is 276 g/mol. The predicted octanol–water partition coefficient (Wildman–Crippen LogP) is 2.79. The number of nitrogens with one attached hydrogen (secondary N) is 2. The fourth-order valence-electron chi connectivity index (χ4n) is 2.10. The molecular weight excluding hydrogens is 252 g/mol. The minimum atomic E-state index is -0.195. The maximum absolute atomic E-state index is 11.9. The lowest BCUT2D eigenvalue weighted by molar-refractivity contribution is -0.127. The number of aryl methyl sites for hydroxylation is 2. The van der Waals surface area contributed by atoms with Crippen molar-refractivity contribution < 1.29 is 9.59 Å². The van der Waals surface area contributed by atoms with E-state index in [0.29, 0.717) is 0 Å². The molecule has 0 heterocycles. The lowest BCUT2D eigenvalue weighted by Crippen LogP contribution is -2.36. The molecule has 1 unspecified atom stereocenters. The molecule has 0 aliphatic rings. The Balaban J connectivity index is 2.50. The summed E-state index contributed by atoms with van der Waals surface area (Å²) >= 11 is 0. The van der Waals surface area contributed by atoms with Crippen LogP contribution >= 0.6 is 0 Å². The van der Waals surface area contributed by atoms with Crippen molar-refractivity contribution in [3.05, 3.63) is 29.3 Å². The molecule has 0 aliphatic heterocycles. The van der Waals surface area contributed by atoms with Crippen LogP contribution in [0.2, 0.25) is 0 Å². The topological polar surface area (TPSA) is 58.2 Å². The Morgan fingerprint density at radius 2 is 1.80 bits per heavy atom. The Morgan fingerprint density at radius 3 is 2.35 bits per heavy atom. The molecule has 110 valence electrons. The van der Waals surface area contributed by atoms with Gasteiger partial charge in [-0.05, 0) is 31.4 Å². The second-order valence-electron chi connectivity index (χ2n) is 5.22. The predicted molar refractivity (Wildman–Crippen MR) is 81.6 cm³/mol. The highest BCUT2D eigenvalue weighted by Crippen LogP contribution is 2.18. The Labute approximate surface area is 121 Å². The third-order valence-corrected chi connectivity index (χ3v) is 3.34. The fraction of sp³-hybridized carbons (Fsp3) is 0.500. The van der Waals surface area contributed by atoms with Gasteiger partial charge in [-0.1, -0.05) is 38.5 Å². The van der Waals surface area contributed by atoms with Crippen molar-refractivity contribution in [2.75, 3.05) is 11.9 Å². The number of anilines is 1. The molecule has 4 heteroatoms. The van der Waals surface area contributed by atoms with Crippen molar-refractivity contribution in [2.45, 2.75) is 40.5 Å². The maximum Gasteiger partial charge on any atom is 0.243 e. The first-order chi connectivity index (χ1) is 9.45. The number of hydrogen-bond acceptors (Lipinski definition) is 2. The van der Waals surface area contributed by atoms with Gasteiger partial charge in [0.25, 0.3) is 0 Å². The summed E-state index contributed by atoms with van der Waals surface area (Å²) in [5, 5.41) is 5.53. The minimum Gasteiger partial charge on any atom is -0.347 e. The van der Waals surface area contributed by atoms with Crippen LogP contribution in [0.3, 0.4) is 0 Å². The molecule has 0 bridgehead atoms. The van der Waals surface area contributed by atoms with Crippen molar-refractivity contribution in [1.29, 1.82) is 0 Å². The standard InChI is InChI=1S/C16H24N2O2/c1-5-7-13(4)16(20)17-10-14(19)18-15-11(2)8-6-9-12(15)3/h6,8-9,13H,5,7,10H2,1-4H3,(H,17,20)(H,18,19). The maximum atomic E-state index is 11.9. The molecule has 1 aromatic carbocycles. The van der Waals surface area contributed by atoms with Crippen LogP contribution in [0.1, 0.15) is 37.8 Å². The van der Waals surface area contributed by atoms with E-state index in [0.717, 1.165) is 29.7 Å². The van der Waals surface area contributed by atoms with E-state index in [1.54, 1.807) is 0 Å². The van der Waals surface area contributed by atoms with Crippen LogP contribution in [0, 0.1) is 19.8 Å². The van der Waals surface area contributed by atoms with Crippen LogP contribution in [0.5, 0.6) is 0 Å². The zero-order valence-corrected chi connectivity index (χ0v) is 12.7. The molecule has 0 spiro atoms. The summed E-state index contributed by atoms with van der Waals surface area (Å²) in [4.78, 5) is 23.6. The second-order valence-corrected chi connectivity index (χ2v) is 5.22. The molecule has 0 aliphatic carbocycles. The number of carbonyl (C=O) groups excluding carboxylic acids is 2. The molecule has 0 aromatic heterocycles. The first kappa shape index (κ1) is 16.2. The molecule has 0 fully saturated rings. The Kier molecular flexibility index (Phi) is 6.22. The van der Waals surface area contributed by atoms with Crippen molar-refractivity contribution in [3.8, 4) is 0 Å². The number of rotatable bonds is 6. The van der Waals surface area contributed by atoms with E-state index in [4.69, 9.17) is 0 Å². The van der Waals surface area contributed by atoms with Gasteiger partial charge in [0.15, 0.2) is 0 Å². The summed E-state index contributed by atoms with van der Waals surface area (Å²) in [5.41, 5.74) is 2.86. The normalized spacial score (nSPS) is 11.8. The third kappa shape index (κ3) is 4.68. The van der Waals surface area contributed by atoms with E-state index in [9.17, 15) is 9.59 Å². The Bertz CT molecular complexity index is 463. The zero-order chi connectivity index (χ0) is 15.1. The van der Waals surface area contributed by atoms with Gasteiger partial charge in [0.05, 0.1) is 6.54 Å². The molecule has 2 N–H and O–H groups in total. The SMILES string of the molecule is CCCC(C)C(=O)NCC(=O)Nc1c(C)cccc1C. The summed E-state index contributed by atoms with van der Waals surface area (Å²) in [6, 6.07) is 5.85. The van der Waals surface area contributed by atoms with Gasteiger partial charge in [0.1, 0.15) is 0 Å². The van der Waals surface area contributed by atoms with Gasteiger partial charge in [-0.3, -0.25) is 9.59 Å². The number of para-hydroxylation sites is 1. The van der Waals surface area contributed by atoms with Crippen molar-refractivity contribution >= 4 is 17.5 Å². The summed E-state index contributed by atoms with van der Waals surface area (Å²) in [6.45, 7) is 7.83.